The van der Waals surface area contributed by atoms with Gasteiger partial charge in [-0.3, -0.25) is 4.90 Å². The van der Waals surface area contributed by atoms with Crippen molar-refractivity contribution in [2.45, 2.75) is 18.7 Å². The van der Waals surface area contributed by atoms with E-state index in [1.54, 1.807) is 36.3 Å². The molecule has 1 aliphatic rings. The molecule has 0 bridgehead atoms. The Hall–Kier alpha value is -2.59. The summed E-state index contributed by atoms with van der Waals surface area (Å²) in [5.74, 6) is 1.44. The van der Waals surface area contributed by atoms with Gasteiger partial charge in [-0.15, -0.1) is 0 Å². The highest BCUT2D eigenvalue weighted by Crippen LogP contribution is 2.28. The zero-order valence-electron chi connectivity index (χ0n) is 16.7. The molecule has 2 aromatic rings. The van der Waals surface area contributed by atoms with Crippen LogP contribution < -0.4 is 14.4 Å². The average molecular weight is 426 g/mol. The van der Waals surface area contributed by atoms with E-state index in [1.807, 2.05) is 0 Å². The summed E-state index contributed by atoms with van der Waals surface area (Å²) in [4.78, 5) is 11.5. The quantitative estimate of drug-likeness (QED) is 0.729. The number of alkyl halides is 3. The molecule has 1 aromatic heterocycles. The van der Waals surface area contributed by atoms with Gasteiger partial charge in [0, 0.05) is 32.4 Å². The molecule has 1 saturated heterocycles. The maximum atomic E-state index is 12.9. The van der Waals surface area contributed by atoms with Crippen LogP contribution in [0.2, 0.25) is 0 Å². The van der Waals surface area contributed by atoms with E-state index in [-0.39, 0.29) is 12.6 Å². The van der Waals surface area contributed by atoms with Crippen molar-refractivity contribution in [2.24, 2.45) is 0 Å². The van der Waals surface area contributed by atoms with E-state index in [9.17, 15) is 18.3 Å². The molecular weight excluding hydrogens is 401 g/mol. The van der Waals surface area contributed by atoms with Gasteiger partial charge in [-0.05, 0) is 43.3 Å². The summed E-state index contributed by atoms with van der Waals surface area (Å²) in [5, 5.41) is 10.3. The van der Waals surface area contributed by atoms with E-state index >= 15 is 0 Å². The van der Waals surface area contributed by atoms with Crippen LogP contribution in [0.1, 0.15) is 12.1 Å². The molecule has 1 aromatic carbocycles. The number of aliphatic hydroxyl groups excluding tert-OH is 1. The van der Waals surface area contributed by atoms with Crippen LogP contribution in [-0.4, -0.2) is 72.5 Å². The zero-order valence-corrected chi connectivity index (χ0v) is 16.7. The monoisotopic (exact) mass is 426 g/mol. The number of β-amino-alcohol motifs (C(OH)–C–C–N with tert-alkyl or cyclic N) is 1. The van der Waals surface area contributed by atoms with E-state index in [0.717, 1.165) is 31.0 Å². The second-order valence-corrected chi connectivity index (χ2v) is 7.02. The van der Waals surface area contributed by atoms with Gasteiger partial charge >= 0.3 is 6.18 Å². The summed E-state index contributed by atoms with van der Waals surface area (Å²) >= 11 is 0. The molecule has 0 saturated carbocycles. The van der Waals surface area contributed by atoms with Crippen LogP contribution >= 0.6 is 0 Å². The van der Waals surface area contributed by atoms with Gasteiger partial charge in [0.05, 0.1) is 7.11 Å². The lowest BCUT2D eigenvalue weighted by molar-refractivity contribution is -0.141. The van der Waals surface area contributed by atoms with Gasteiger partial charge < -0.3 is 19.5 Å². The van der Waals surface area contributed by atoms with Crippen molar-refractivity contribution >= 4 is 5.95 Å². The summed E-state index contributed by atoms with van der Waals surface area (Å²) in [6.07, 6.45) is -3.33. The number of rotatable bonds is 7. The molecule has 7 nitrogen and oxygen atoms in total. The Morgan fingerprint density at radius 1 is 1.07 bits per heavy atom. The lowest BCUT2D eigenvalue weighted by Gasteiger charge is -2.24. The van der Waals surface area contributed by atoms with E-state index in [1.165, 1.54) is 0 Å². The number of aromatic nitrogens is 2. The standard InChI is InChI=1S/C20H25F3N4O3/c1-29-16-3-5-17(6-4-16)30-14-15(28)13-26-9-2-10-27(12-11-26)19-24-8-7-18(25-19)20(21,22)23/h3-8,15,28H,2,9-14H2,1H3. The Morgan fingerprint density at radius 2 is 1.80 bits per heavy atom. The molecule has 10 heteroatoms. The molecule has 1 N–H and O–H groups in total. The van der Waals surface area contributed by atoms with E-state index < -0.39 is 18.0 Å². The van der Waals surface area contributed by atoms with E-state index in [2.05, 4.69) is 14.9 Å². The van der Waals surface area contributed by atoms with Crippen molar-refractivity contribution in [3.05, 3.63) is 42.2 Å². The number of benzene rings is 1. The van der Waals surface area contributed by atoms with E-state index in [0.29, 0.717) is 31.9 Å². The first-order valence-corrected chi connectivity index (χ1v) is 9.67. The van der Waals surface area contributed by atoms with Gasteiger partial charge in [0.25, 0.3) is 0 Å². The number of hydrogen-bond acceptors (Lipinski definition) is 7. The topological polar surface area (TPSA) is 71.0 Å². The molecule has 2 heterocycles. The van der Waals surface area contributed by atoms with Crippen LogP contribution in [0.15, 0.2) is 36.5 Å². The van der Waals surface area contributed by atoms with Gasteiger partial charge in [-0.25, -0.2) is 9.97 Å². The number of ether oxygens (including phenoxy) is 2. The predicted octanol–water partition coefficient (Wildman–Crippen LogP) is 2.46. The number of anilines is 1. The fourth-order valence-electron chi connectivity index (χ4n) is 3.23. The summed E-state index contributed by atoms with van der Waals surface area (Å²) in [6, 6.07) is 7.96. The zero-order chi connectivity index (χ0) is 21.6. The molecule has 30 heavy (non-hydrogen) atoms. The van der Waals surface area contributed by atoms with Gasteiger partial charge in [0.1, 0.15) is 29.9 Å². The van der Waals surface area contributed by atoms with Gasteiger partial charge in [0.2, 0.25) is 5.95 Å². The first kappa shape index (κ1) is 22.1. The molecule has 3 rings (SSSR count). The molecule has 1 fully saturated rings. The molecule has 164 valence electrons. The van der Waals surface area contributed by atoms with E-state index in [4.69, 9.17) is 9.47 Å². The molecule has 1 atom stereocenters. The number of hydrogen-bond donors (Lipinski definition) is 1. The predicted molar refractivity (Wildman–Crippen MR) is 105 cm³/mol. The molecule has 0 aliphatic carbocycles. The van der Waals surface area contributed by atoms with Gasteiger partial charge in [0.15, 0.2) is 0 Å². The molecule has 0 amide bonds. The molecule has 1 aliphatic heterocycles. The second-order valence-electron chi connectivity index (χ2n) is 7.02. The average Bonchev–Trinajstić information content (AvgIpc) is 2.98. The summed E-state index contributed by atoms with van der Waals surface area (Å²) in [6.45, 7) is 2.88. The number of halogens is 3. The Labute approximate surface area is 173 Å². The minimum Gasteiger partial charge on any atom is -0.497 e. The maximum Gasteiger partial charge on any atom is 0.433 e. The number of nitrogens with zero attached hydrogens (tertiary/aromatic N) is 4. The number of aliphatic hydroxyl groups is 1. The third-order valence-corrected chi connectivity index (χ3v) is 4.78. The molecule has 1 unspecified atom stereocenters. The minimum atomic E-state index is -4.50. The van der Waals surface area contributed by atoms with Crippen molar-refractivity contribution in [2.75, 3.05) is 51.3 Å². The van der Waals surface area contributed by atoms with Crippen LogP contribution in [0.4, 0.5) is 19.1 Å². The highest BCUT2D eigenvalue weighted by molar-refractivity contribution is 5.32. The first-order chi connectivity index (χ1) is 14.3. The Morgan fingerprint density at radius 3 is 2.50 bits per heavy atom. The fraction of sp³-hybridized carbons (Fsp3) is 0.500. The van der Waals surface area contributed by atoms with Crippen molar-refractivity contribution < 1.29 is 27.8 Å². The highest BCUT2D eigenvalue weighted by Gasteiger charge is 2.33. The third kappa shape index (κ3) is 6.20. The Bertz CT molecular complexity index is 805. The molecule has 0 spiro atoms. The lowest BCUT2D eigenvalue weighted by atomic mass is 10.3. The van der Waals surface area contributed by atoms with Crippen LogP contribution in [-0.2, 0) is 6.18 Å². The minimum absolute atomic E-state index is 0.0788. The summed E-state index contributed by atoms with van der Waals surface area (Å²) in [7, 11) is 1.58. The summed E-state index contributed by atoms with van der Waals surface area (Å²) in [5.41, 5.74) is -0.945. The Kier molecular flexibility index (Phi) is 7.33. The summed E-state index contributed by atoms with van der Waals surface area (Å²) < 4.78 is 49.4. The first-order valence-electron chi connectivity index (χ1n) is 9.67. The normalized spacial score (nSPS) is 16.8. The smallest absolute Gasteiger partial charge is 0.433 e. The second kappa shape index (κ2) is 9.94. The molecular formula is C20H25F3N4O3. The van der Waals surface area contributed by atoms with Gasteiger partial charge in [-0.1, -0.05) is 0 Å². The van der Waals surface area contributed by atoms with Crippen LogP contribution in [0, 0.1) is 0 Å². The lowest BCUT2D eigenvalue weighted by Crippen LogP contribution is -2.38. The van der Waals surface area contributed by atoms with Crippen LogP contribution in [0.25, 0.3) is 0 Å². The largest absolute Gasteiger partial charge is 0.497 e. The van der Waals surface area contributed by atoms with Crippen molar-refractivity contribution in [1.29, 1.82) is 0 Å². The fourth-order valence-corrected chi connectivity index (χ4v) is 3.23. The van der Waals surface area contributed by atoms with Crippen molar-refractivity contribution in [1.82, 2.24) is 14.9 Å². The van der Waals surface area contributed by atoms with Gasteiger partial charge in [-0.2, -0.15) is 13.2 Å². The van der Waals surface area contributed by atoms with Crippen molar-refractivity contribution in [3.63, 3.8) is 0 Å². The van der Waals surface area contributed by atoms with Crippen LogP contribution in [0.5, 0.6) is 11.5 Å². The maximum absolute atomic E-state index is 12.9. The Balaban J connectivity index is 1.49. The van der Waals surface area contributed by atoms with Crippen molar-refractivity contribution in [3.8, 4) is 11.5 Å². The highest BCUT2D eigenvalue weighted by atomic mass is 19.4. The number of methoxy groups -OCH3 is 1. The SMILES string of the molecule is COc1ccc(OCC(O)CN2CCCN(c3nccc(C(F)(F)F)n3)CC2)cc1. The van der Waals surface area contributed by atoms with Crippen LogP contribution in [0.3, 0.4) is 0 Å². The third-order valence-electron chi connectivity index (χ3n) is 4.78. The molecule has 0 radical (unpaired) electrons.